The van der Waals surface area contributed by atoms with Gasteiger partial charge in [-0.1, -0.05) is 12.1 Å². The summed E-state index contributed by atoms with van der Waals surface area (Å²) in [6, 6.07) is 11.4. The van der Waals surface area contributed by atoms with Crippen LogP contribution >= 0.6 is 0 Å². The number of nitrogens with zero attached hydrogens (tertiary/aromatic N) is 3. The molecule has 3 rings (SSSR count). The monoisotopic (exact) mass is 240 g/mol. The Morgan fingerprint density at radius 2 is 1.78 bits per heavy atom. The molecule has 6 nitrogen and oxygen atoms in total. The van der Waals surface area contributed by atoms with E-state index >= 15 is 0 Å². The molecule has 3 aromatic rings. The third kappa shape index (κ3) is 2.03. The number of pyridine rings is 2. The van der Waals surface area contributed by atoms with Crippen molar-refractivity contribution in [2.75, 3.05) is 0 Å². The van der Waals surface area contributed by atoms with Crippen molar-refractivity contribution in [2.24, 2.45) is 0 Å². The van der Waals surface area contributed by atoms with Crippen LogP contribution in [0.15, 0.2) is 55.0 Å². The van der Waals surface area contributed by atoms with Crippen molar-refractivity contribution in [1.29, 1.82) is 0 Å². The van der Waals surface area contributed by atoms with E-state index in [1.54, 1.807) is 17.2 Å². The Morgan fingerprint density at radius 1 is 0.944 bits per heavy atom. The first-order valence-electron chi connectivity index (χ1n) is 5.54. The van der Waals surface area contributed by atoms with Crippen molar-refractivity contribution in [3.8, 4) is 17.2 Å². The lowest BCUT2D eigenvalue weighted by Gasteiger charge is -2.08. The summed E-state index contributed by atoms with van der Waals surface area (Å²) in [6.45, 7) is 0. The molecule has 0 aromatic carbocycles. The number of rotatable bonds is 2. The summed E-state index contributed by atoms with van der Waals surface area (Å²) >= 11 is 0. The minimum atomic E-state index is 0.765. The molecule has 0 spiro atoms. The van der Waals surface area contributed by atoms with Crippen LogP contribution in [0.3, 0.4) is 0 Å². The molecule has 0 aliphatic carbocycles. The Hall–Kier alpha value is -2.76. The number of hydrogen-bond acceptors (Lipinski definition) is 2. The Balaban J connectivity index is 1.95. The molecule has 18 heavy (non-hydrogen) atoms. The Kier molecular flexibility index (Phi) is 2.67. The molecule has 0 saturated heterocycles. The topological polar surface area (TPSA) is 78.1 Å². The third-order valence-corrected chi connectivity index (χ3v) is 2.46. The molecule has 0 radical (unpaired) electrons. The molecular weight excluding hydrogens is 228 g/mol. The molecule has 0 amide bonds. The van der Waals surface area contributed by atoms with Crippen molar-refractivity contribution in [2.45, 2.75) is 0 Å². The number of H-pyrrole nitrogens is 3. The van der Waals surface area contributed by atoms with E-state index in [0.717, 1.165) is 17.2 Å². The second-order valence-corrected chi connectivity index (χ2v) is 3.66. The molecule has 3 aromatic heterocycles. The molecular formula is C12H12N6. The van der Waals surface area contributed by atoms with Gasteiger partial charge in [-0.2, -0.15) is 4.80 Å². The first kappa shape index (κ1) is 10.4. The second-order valence-electron chi connectivity index (χ2n) is 3.66. The number of hydrogen-bond donors (Lipinski definition) is 3. The van der Waals surface area contributed by atoms with Gasteiger partial charge in [-0.15, -0.1) is 0 Å². The predicted octanol–water partition coefficient (Wildman–Crippen LogP) is 2.04. The van der Waals surface area contributed by atoms with Gasteiger partial charge in [0.1, 0.15) is 0 Å². The van der Waals surface area contributed by atoms with Crippen LogP contribution in [0.1, 0.15) is 0 Å². The molecule has 90 valence electrons. The molecule has 3 N–H and O–H groups in total. The van der Waals surface area contributed by atoms with Gasteiger partial charge in [-0.3, -0.25) is 15.2 Å². The summed E-state index contributed by atoms with van der Waals surface area (Å²) in [5.41, 5.74) is 1.72. The molecule has 6 heteroatoms. The number of aromatic nitrogens is 6. The first-order chi connectivity index (χ1) is 8.93. The van der Waals surface area contributed by atoms with Gasteiger partial charge >= 0.3 is 0 Å². The van der Waals surface area contributed by atoms with Crippen LogP contribution in [0.4, 0.5) is 0 Å². The number of aromatic amines is 3. The fraction of sp³-hybridized carbons (Fsp3) is 0. The molecule has 0 saturated carbocycles. The van der Waals surface area contributed by atoms with E-state index in [1.165, 1.54) is 0 Å². The second kappa shape index (κ2) is 4.62. The molecule has 0 aliphatic heterocycles. The molecule has 0 atom stereocenters. The standard InChI is InChI=1S/C12H12N6/c1-3-7-13-10(5-1)11-9-15-18(17-16-11)12-6-2-4-8-14-12/h1-9,15-17H. The zero-order valence-corrected chi connectivity index (χ0v) is 9.54. The van der Waals surface area contributed by atoms with E-state index in [4.69, 9.17) is 0 Å². The highest BCUT2D eigenvalue weighted by atomic mass is 15.5. The van der Waals surface area contributed by atoms with Crippen molar-refractivity contribution in [3.63, 3.8) is 0 Å². The van der Waals surface area contributed by atoms with Gasteiger partial charge in [-0.05, 0) is 24.3 Å². The zero-order valence-electron chi connectivity index (χ0n) is 9.54. The average molecular weight is 240 g/mol. The zero-order chi connectivity index (χ0) is 12.2. The summed E-state index contributed by atoms with van der Waals surface area (Å²) in [5, 5.41) is 9.12. The van der Waals surface area contributed by atoms with Gasteiger partial charge in [0.15, 0.2) is 5.82 Å². The maximum Gasteiger partial charge on any atom is 0.171 e. The van der Waals surface area contributed by atoms with Crippen molar-refractivity contribution in [3.05, 3.63) is 55.0 Å². The van der Waals surface area contributed by atoms with Crippen LogP contribution in [0.5, 0.6) is 0 Å². The highest BCUT2D eigenvalue weighted by Gasteiger charge is 1.99. The highest BCUT2D eigenvalue weighted by Crippen LogP contribution is 2.10. The van der Waals surface area contributed by atoms with Crippen LogP contribution in [0.2, 0.25) is 0 Å². The van der Waals surface area contributed by atoms with Crippen LogP contribution in [-0.2, 0) is 0 Å². The van der Waals surface area contributed by atoms with E-state index in [9.17, 15) is 0 Å². The minimum absolute atomic E-state index is 0.765. The molecule has 0 bridgehead atoms. The molecule has 3 heterocycles. The Bertz CT molecular complexity index is 565. The predicted molar refractivity (Wildman–Crippen MR) is 67.5 cm³/mol. The lowest BCUT2D eigenvalue weighted by atomic mass is 10.3. The summed E-state index contributed by atoms with van der Waals surface area (Å²) in [4.78, 5) is 10.1. The lowest BCUT2D eigenvalue weighted by molar-refractivity contribution is 0.625. The quantitative estimate of drug-likeness (QED) is 0.641. The summed E-state index contributed by atoms with van der Waals surface area (Å²) in [6.07, 6.45) is 5.31. The van der Waals surface area contributed by atoms with Gasteiger partial charge < -0.3 is 0 Å². The van der Waals surface area contributed by atoms with Gasteiger partial charge in [-0.25, -0.2) is 10.2 Å². The van der Waals surface area contributed by atoms with Crippen molar-refractivity contribution >= 4 is 0 Å². The van der Waals surface area contributed by atoms with E-state index in [0.29, 0.717) is 0 Å². The maximum atomic E-state index is 4.26. The van der Waals surface area contributed by atoms with E-state index in [1.807, 2.05) is 42.6 Å². The Labute approximate surface area is 103 Å². The van der Waals surface area contributed by atoms with Crippen LogP contribution in [0, 0.1) is 0 Å². The van der Waals surface area contributed by atoms with E-state index in [-0.39, 0.29) is 0 Å². The SMILES string of the molecule is c1ccc(-c2c[nH]n(-c3ccccn3)[nH][nH]2)nc1. The molecule has 0 fully saturated rings. The maximum absolute atomic E-state index is 4.26. The van der Waals surface area contributed by atoms with Crippen LogP contribution in [0.25, 0.3) is 17.2 Å². The van der Waals surface area contributed by atoms with Crippen molar-refractivity contribution in [1.82, 2.24) is 30.2 Å². The third-order valence-electron chi connectivity index (χ3n) is 2.46. The first-order valence-corrected chi connectivity index (χ1v) is 5.54. The number of nitrogens with one attached hydrogen (secondary N) is 3. The Morgan fingerprint density at radius 3 is 2.39 bits per heavy atom. The fourth-order valence-electron chi connectivity index (χ4n) is 1.58. The molecule has 0 unspecified atom stereocenters. The summed E-state index contributed by atoms with van der Waals surface area (Å²) in [7, 11) is 0. The van der Waals surface area contributed by atoms with Gasteiger partial charge in [0, 0.05) is 18.6 Å². The van der Waals surface area contributed by atoms with Gasteiger partial charge in [0.25, 0.3) is 0 Å². The van der Waals surface area contributed by atoms with E-state index < -0.39 is 0 Å². The summed E-state index contributed by atoms with van der Waals surface area (Å²) < 4.78 is 0. The van der Waals surface area contributed by atoms with Gasteiger partial charge in [0.2, 0.25) is 0 Å². The van der Waals surface area contributed by atoms with Crippen LogP contribution < -0.4 is 0 Å². The normalized spacial score (nSPS) is 10.2. The average Bonchev–Trinajstić information content (AvgIpc) is 2.49. The highest BCUT2D eigenvalue weighted by molar-refractivity contribution is 5.50. The van der Waals surface area contributed by atoms with Crippen LogP contribution in [-0.4, -0.2) is 30.2 Å². The fourth-order valence-corrected chi connectivity index (χ4v) is 1.58. The smallest absolute Gasteiger partial charge is 0.171 e. The minimum Gasteiger partial charge on any atom is -0.282 e. The lowest BCUT2D eigenvalue weighted by Crippen LogP contribution is -2.09. The summed E-state index contributed by atoms with van der Waals surface area (Å²) in [5.74, 6) is 0.765. The molecule has 0 aliphatic rings. The van der Waals surface area contributed by atoms with Crippen molar-refractivity contribution < 1.29 is 0 Å². The van der Waals surface area contributed by atoms with E-state index in [2.05, 4.69) is 25.4 Å². The largest absolute Gasteiger partial charge is 0.282 e. The van der Waals surface area contributed by atoms with Gasteiger partial charge in [0.05, 0.1) is 11.4 Å².